The molecule has 0 bridgehead atoms. The fourth-order valence-corrected chi connectivity index (χ4v) is 3.37. The van der Waals surface area contributed by atoms with Crippen LogP contribution in [0, 0.1) is 5.82 Å². The molecule has 1 amide bonds. The van der Waals surface area contributed by atoms with Gasteiger partial charge in [0.1, 0.15) is 16.6 Å². The largest absolute Gasteiger partial charge is 0.497 e. The molecule has 2 aromatic carbocycles. The molecule has 1 N–H and O–H groups in total. The van der Waals surface area contributed by atoms with Crippen LogP contribution < -0.4 is 10.1 Å². The number of nitrogens with one attached hydrogen (secondary N) is 1. The maximum Gasteiger partial charge on any atom is 0.226 e. The summed E-state index contributed by atoms with van der Waals surface area (Å²) in [5, 5.41) is 5.67. The number of carbonyl (C=O) groups excluding carboxylic acids is 1. The van der Waals surface area contributed by atoms with Crippen molar-refractivity contribution in [2.45, 2.75) is 19.4 Å². The summed E-state index contributed by atoms with van der Waals surface area (Å²) in [7, 11) is 1.63. The Morgan fingerprint density at radius 3 is 2.54 bits per heavy atom. The maximum absolute atomic E-state index is 13.0. The fourth-order valence-electron chi connectivity index (χ4n) is 2.55. The highest BCUT2D eigenvalue weighted by molar-refractivity contribution is 7.13. The van der Waals surface area contributed by atoms with Crippen LogP contribution >= 0.6 is 11.3 Å². The second kappa shape index (κ2) is 8.10. The number of amides is 1. The van der Waals surface area contributed by atoms with E-state index in [9.17, 15) is 9.18 Å². The van der Waals surface area contributed by atoms with Gasteiger partial charge in [0.2, 0.25) is 5.91 Å². The van der Waals surface area contributed by atoms with E-state index in [-0.39, 0.29) is 24.2 Å². The summed E-state index contributed by atoms with van der Waals surface area (Å²) in [4.78, 5) is 16.8. The Bertz CT molecular complexity index is 876. The number of nitrogens with zero attached hydrogens (tertiary/aromatic N) is 1. The van der Waals surface area contributed by atoms with E-state index in [1.54, 1.807) is 19.2 Å². The van der Waals surface area contributed by atoms with E-state index in [2.05, 4.69) is 10.3 Å². The quantitative estimate of drug-likeness (QED) is 0.701. The van der Waals surface area contributed by atoms with Crippen molar-refractivity contribution in [1.82, 2.24) is 10.3 Å². The molecule has 0 unspecified atom stereocenters. The molecule has 26 heavy (non-hydrogen) atoms. The van der Waals surface area contributed by atoms with Gasteiger partial charge in [0.05, 0.1) is 25.3 Å². The third-order valence-corrected chi connectivity index (χ3v) is 4.92. The predicted molar refractivity (Wildman–Crippen MR) is 101 cm³/mol. The lowest BCUT2D eigenvalue weighted by Gasteiger charge is -2.13. The molecule has 0 saturated carbocycles. The van der Waals surface area contributed by atoms with E-state index in [1.807, 2.05) is 36.6 Å². The third kappa shape index (κ3) is 4.46. The average molecular weight is 370 g/mol. The number of halogens is 1. The molecule has 0 saturated heterocycles. The molecule has 0 aliphatic heterocycles. The molecule has 0 fully saturated rings. The van der Waals surface area contributed by atoms with Crippen LogP contribution in [-0.2, 0) is 11.2 Å². The zero-order chi connectivity index (χ0) is 18.5. The highest BCUT2D eigenvalue weighted by atomic mass is 32.1. The monoisotopic (exact) mass is 370 g/mol. The first-order valence-corrected chi connectivity index (χ1v) is 9.07. The van der Waals surface area contributed by atoms with Crippen molar-refractivity contribution in [2.75, 3.05) is 7.11 Å². The lowest BCUT2D eigenvalue weighted by molar-refractivity contribution is -0.121. The van der Waals surface area contributed by atoms with Gasteiger partial charge in [-0.05, 0) is 48.9 Å². The van der Waals surface area contributed by atoms with Gasteiger partial charge in [0, 0.05) is 10.9 Å². The van der Waals surface area contributed by atoms with E-state index in [4.69, 9.17) is 4.74 Å². The fraction of sp³-hybridized carbons (Fsp3) is 0.200. The molecule has 0 radical (unpaired) electrons. The van der Waals surface area contributed by atoms with Gasteiger partial charge in [-0.1, -0.05) is 12.1 Å². The molecular formula is C20H19FN2O2S. The minimum absolute atomic E-state index is 0.117. The smallest absolute Gasteiger partial charge is 0.226 e. The molecule has 1 aromatic heterocycles. The summed E-state index contributed by atoms with van der Waals surface area (Å²) >= 11 is 1.50. The number of benzene rings is 2. The molecule has 6 heteroatoms. The van der Waals surface area contributed by atoms with Gasteiger partial charge < -0.3 is 10.1 Å². The van der Waals surface area contributed by atoms with Gasteiger partial charge in [-0.2, -0.15) is 0 Å². The molecule has 0 aliphatic carbocycles. The Kier molecular flexibility index (Phi) is 5.63. The number of aromatic nitrogens is 1. The summed E-state index contributed by atoms with van der Waals surface area (Å²) in [6.45, 7) is 1.87. The predicted octanol–water partition coefficient (Wildman–Crippen LogP) is 4.38. The van der Waals surface area contributed by atoms with E-state index >= 15 is 0 Å². The number of carbonyl (C=O) groups is 1. The van der Waals surface area contributed by atoms with E-state index < -0.39 is 0 Å². The number of ether oxygens (including phenoxy) is 1. The maximum atomic E-state index is 13.0. The average Bonchev–Trinajstić information content (AvgIpc) is 3.10. The van der Waals surface area contributed by atoms with E-state index in [0.717, 1.165) is 27.6 Å². The zero-order valence-electron chi connectivity index (χ0n) is 14.5. The van der Waals surface area contributed by atoms with Crippen molar-refractivity contribution in [3.63, 3.8) is 0 Å². The Morgan fingerprint density at radius 2 is 1.88 bits per heavy atom. The van der Waals surface area contributed by atoms with Crippen molar-refractivity contribution < 1.29 is 13.9 Å². The molecular weight excluding hydrogens is 351 g/mol. The minimum atomic E-state index is -0.291. The van der Waals surface area contributed by atoms with Crippen LogP contribution in [0.2, 0.25) is 0 Å². The molecule has 3 rings (SSSR count). The van der Waals surface area contributed by atoms with Crippen LogP contribution in [-0.4, -0.2) is 18.0 Å². The first-order chi connectivity index (χ1) is 12.5. The van der Waals surface area contributed by atoms with Gasteiger partial charge in [-0.25, -0.2) is 9.37 Å². The van der Waals surface area contributed by atoms with Gasteiger partial charge in [0.25, 0.3) is 0 Å². The number of hydrogen-bond acceptors (Lipinski definition) is 4. The number of hydrogen-bond donors (Lipinski definition) is 1. The minimum Gasteiger partial charge on any atom is -0.497 e. The topological polar surface area (TPSA) is 51.2 Å². The van der Waals surface area contributed by atoms with E-state index in [1.165, 1.54) is 23.5 Å². The second-order valence-corrected chi connectivity index (χ2v) is 6.75. The molecule has 134 valence electrons. The molecule has 0 spiro atoms. The number of thiazole rings is 1. The van der Waals surface area contributed by atoms with Crippen LogP contribution in [0.25, 0.3) is 10.6 Å². The standard InChI is InChI=1S/C20H19FN2O2S/c1-13(14-3-7-16(21)8-4-14)22-19(24)11-17-12-26-20(23-17)15-5-9-18(25-2)10-6-15/h3-10,12-13H,11H2,1-2H3,(H,22,24)/t13-/m1/s1. The van der Waals surface area contributed by atoms with Crippen molar-refractivity contribution in [2.24, 2.45) is 0 Å². The normalized spacial score (nSPS) is 11.8. The summed E-state index contributed by atoms with van der Waals surface area (Å²) in [5.41, 5.74) is 2.57. The van der Waals surface area contributed by atoms with Crippen LogP contribution in [0.3, 0.4) is 0 Å². The van der Waals surface area contributed by atoms with Crippen LogP contribution in [0.5, 0.6) is 5.75 Å². The van der Waals surface area contributed by atoms with Crippen LogP contribution in [0.4, 0.5) is 4.39 Å². The highest BCUT2D eigenvalue weighted by Gasteiger charge is 2.13. The van der Waals surface area contributed by atoms with Crippen LogP contribution in [0.1, 0.15) is 24.2 Å². The molecule has 0 aliphatic rings. The van der Waals surface area contributed by atoms with E-state index in [0.29, 0.717) is 0 Å². The van der Waals surface area contributed by atoms with Crippen molar-refractivity contribution in [1.29, 1.82) is 0 Å². The number of rotatable bonds is 6. The molecule has 3 aromatic rings. The highest BCUT2D eigenvalue weighted by Crippen LogP contribution is 2.26. The Hall–Kier alpha value is -2.73. The summed E-state index contributed by atoms with van der Waals surface area (Å²) < 4.78 is 18.1. The molecule has 4 nitrogen and oxygen atoms in total. The lowest BCUT2D eigenvalue weighted by atomic mass is 10.1. The SMILES string of the molecule is COc1ccc(-c2nc(CC(=O)N[C@H](C)c3ccc(F)cc3)cs2)cc1. The Balaban J connectivity index is 1.61. The van der Waals surface area contributed by atoms with Gasteiger partial charge >= 0.3 is 0 Å². The third-order valence-electron chi connectivity index (χ3n) is 3.98. The summed E-state index contributed by atoms with van der Waals surface area (Å²) in [6, 6.07) is 13.6. The van der Waals surface area contributed by atoms with Crippen LogP contribution in [0.15, 0.2) is 53.9 Å². The second-order valence-electron chi connectivity index (χ2n) is 5.89. The first-order valence-electron chi connectivity index (χ1n) is 8.19. The zero-order valence-corrected chi connectivity index (χ0v) is 15.3. The summed E-state index contributed by atoms with van der Waals surface area (Å²) in [5.74, 6) is 0.383. The Morgan fingerprint density at radius 1 is 1.19 bits per heavy atom. The molecule has 1 atom stereocenters. The van der Waals surface area contributed by atoms with Gasteiger partial charge in [-0.3, -0.25) is 4.79 Å². The Labute approximate surface area is 155 Å². The lowest BCUT2D eigenvalue weighted by Crippen LogP contribution is -2.28. The van der Waals surface area contributed by atoms with Crippen molar-refractivity contribution in [3.8, 4) is 16.3 Å². The van der Waals surface area contributed by atoms with Gasteiger partial charge in [-0.15, -0.1) is 11.3 Å². The summed E-state index contributed by atoms with van der Waals surface area (Å²) in [6.07, 6.45) is 0.207. The number of methoxy groups -OCH3 is 1. The molecule has 1 heterocycles. The first kappa shape index (κ1) is 18.1. The van der Waals surface area contributed by atoms with Crippen molar-refractivity contribution >= 4 is 17.2 Å². The van der Waals surface area contributed by atoms with Gasteiger partial charge in [0.15, 0.2) is 0 Å². The van der Waals surface area contributed by atoms with Crippen molar-refractivity contribution in [3.05, 3.63) is 71.0 Å².